The van der Waals surface area contributed by atoms with E-state index < -0.39 is 0 Å². The van der Waals surface area contributed by atoms with Gasteiger partial charge in [0.1, 0.15) is 5.75 Å². The van der Waals surface area contributed by atoms with Crippen LogP contribution in [0, 0.1) is 5.92 Å². The first kappa shape index (κ1) is 17.2. The van der Waals surface area contributed by atoms with Gasteiger partial charge in [-0.25, -0.2) is 0 Å². The van der Waals surface area contributed by atoms with E-state index in [4.69, 9.17) is 10.5 Å². The molecule has 0 aliphatic heterocycles. The topological polar surface area (TPSA) is 55.6 Å². The average molecular weight is 322 g/mol. The number of hydrogen-bond donors (Lipinski definition) is 1. The largest absolute Gasteiger partial charge is 0.496 e. The first-order valence-electron chi connectivity index (χ1n) is 7.75. The van der Waals surface area contributed by atoms with Crippen LogP contribution in [0.25, 0.3) is 0 Å². The highest BCUT2D eigenvalue weighted by Crippen LogP contribution is 2.29. The Hall–Kier alpha value is -1.20. The Morgan fingerprint density at radius 1 is 1.45 bits per heavy atom. The molecule has 1 aliphatic carbocycles. The highest BCUT2D eigenvalue weighted by molar-refractivity contribution is 7.98. The highest BCUT2D eigenvalue weighted by atomic mass is 32.2. The molecule has 0 spiro atoms. The quantitative estimate of drug-likeness (QED) is 0.818. The molecule has 1 fully saturated rings. The number of methoxy groups -OCH3 is 1. The molecule has 0 saturated heterocycles. The molecule has 0 aromatic heterocycles. The fourth-order valence-corrected chi connectivity index (χ4v) is 3.59. The molecular formula is C17H26N2O2S. The van der Waals surface area contributed by atoms with Crippen molar-refractivity contribution in [1.29, 1.82) is 0 Å². The van der Waals surface area contributed by atoms with Crippen LogP contribution in [0.2, 0.25) is 0 Å². The molecular weight excluding hydrogens is 296 g/mol. The Labute approximate surface area is 137 Å². The van der Waals surface area contributed by atoms with Crippen LogP contribution in [0.4, 0.5) is 0 Å². The summed E-state index contributed by atoms with van der Waals surface area (Å²) in [4.78, 5) is 15.3. The van der Waals surface area contributed by atoms with Crippen molar-refractivity contribution in [1.82, 2.24) is 4.90 Å². The third-order valence-corrected chi connectivity index (χ3v) is 5.23. The summed E-state index contributed by atoms with van der Waals surface area (Å²) in [6, 6.07) is 6.30. The Kier molecular flexibility index (Phi) is 6.15. The Balaban J connectivity index is 1.96. The Bertz CT molecular complexity index is 521. The van der Waals surface area contributed by atoms with Crippen molar-refractivity contribution in [2.24, 2.45) is 11.7 Å². The third kappa shape index (κ3) is 4.17. The van der Waals surface area contributed by atoms with Crippen molar-refractivity contribution >= 4 is 17.7 Å². The summed E-state index contributed by atoms with van der Waals surface area (Å²) >= 11 is 1.66. The number of amides is 1. The number of carbonyl (C=O) groups is 1. The fourth-order valence-electron chi connectivity index (χ4n) is 3.04. The number of ether oxygens (including phenoxy) is 1. The minimum Gasteiger partial charge on any atom is -0.496 e. The summed E-state index contributed by atoms with van der Waals surface area (Å²) in [7, 11) is 3.53. The Morgan fingerprint density at radius 3 is 2.82 bits per heavy atom. The van der Waals surface area contributed by atoms with Gasteiger partial charge in [-0.3, -0.25) is 4.79 Å². The number of nitrogens with zero attached hydrogens (tertiary/aromatic N) is 1. The van der Waals surface area contributed by atoms with Crippen molar-refractivity contribution in [3.63, 3.8) is 0 Å². The summed E-state index contributed by atoms with van der Waals surface area (Å²) in [5.74, 6) is 1.39. The van der Waals surface area contributed by atoms with Gasteiger partial charge in [0.2, 0.25) is 5.91 Å². The van der Waals surface area contributed by atoms with Crippen molar-refractivity contribution in [2.75, 3.05) is 20.4 Å². The van der Waals surface area contributed by atoms with E-state index in [2.05, 4.69) is 6.07 Å². The number of hydrogen-bond acceptors (Lipinski definition) is 4. The minimum atomic E-state index is 0.176. The second-order valence-electron chi connectivity index (χ2n) is 6.00. The van der Waals surface area contributed by atoms with Gasteiger partial charge in [0.15, 0.2) is 0 Å². The summed E-state index contributed by atoms with van der Waals surface area (Å²) in [6.07, 6.45) is 5.87. The average Bonchev–Trinajstić information content (AvgIpc) is 2.92. The van der Waals surface area contributed by atoms with Crippen molar-refractivity contribution in [2.45, 2.75) is 43.2 Å². The maximum Gasteiger partial charge on any atom is 0.222 e. The van der Waals surface area contributed by atoms with E-state index in [1.807, 2.05) is 25.4 Å². The molecule has 5 heteroatoms. The molecule has 2 rings (SSSR count). The van der Waals surface area contributed by atoms with Crippen LogP contribution >= 0.6 is 11.8 Å². The molecule has 0 heterocycles. The first-order chi connectivity index (χ1) is 10.5. The number of benzene rings is 1. The predicted octanol–water partition coefficient (Wildman–Crippen LogP) is 2.89. The first-order valence-corrected chi connectivity index (χ1v) is 8.98. The summed E-state index contributed by atoms with van der Waals surface area (Å²) in [5, 5.41) is 0. The van der Waals surface area contributed by atoms with Gasteiger partial charge in [-0.05, 0) is 42.7 Å². The summed E-state index contributed by atoms with van der Waals surface area (Å²) in [5.41, 5.74) is 7.14. The molecule has 1 saturated carbocycles. The van der Waals surface area contributed by atoms with Crippen LogP contribution in [0.15, 0.2) is 23.1 Å². The monoisotopic (exact) mass is 322 g/mol. The van der Waals surface area contributed by atoms with Gasteiger partial charge in [0, 0.05) is 31.0 Å². The highest BCUT2D eigenvalue weighted by Gasteiger charge is 2.27. The van der Waals surface area contributed by atoms with E-state index >= 15 is 0 Å². The van der Waals surface area contributed by atoms with Crippen molar-refractivity contribution in [3.8, 4) is 5.75 Å². The number of thioether (sulfide) groups is 1. The SMILES string of the molecule is COc1cc(CN(C)C(=O)C[C@@H]2CCC[C@H]2N)ccc1SC. The molecule has 122 valence electrons. The predicted molar refractivity (Wildman–Crippen MR) is 91.2 cm³/mol. The van der Waals surface area contributed by atoms with Crippen LogP contribution in [-0.2, 0) is 11.3 Å². The zero-order valence-corrected chi connectivity index (χ0v) is 14.5. The maximum atomic E-state index is 12.4. The zero-order chi connectivity index (χ0) is 16.1. The molecule has 1 aliphatic rings. The number of carbonyl (C=O) groups excluding carboxylic acids is 1. The maximum absolute atomic E-state index is 12.4. The van der Waals surface area contributed by atoms with Crippen LogP contribution in [0.5, 0.6) is 5.75 Å². The standard InChI is InChI=1S/C17H26N2O2S/c1-19(17(20)10-13-5-4-6-14(13)18)11-12-7-8-16(22-3)15(9-12)21-2/h7-9,13-14H,4-6,10-11,18H2,1-3H3/t13-,14+/m0/s1. The molecule has 0 unspecified atom stereocenters. The molecule has 1 aromatic rings. The molecule has 0 radical (unpaired) electrons. The lowest BCUT2D eigenvalue weighted by atomic mass is 9.99. The summed E-state index contributed by atoms with van der Waals surface area (Å²) < 4.78 is 5.40. The van der Waals surface area contributed by atoms with Gasteiger partial charge in [0.25, 0.3) is 0 Å². The fraction of sp³-hybridized carbons (Fsp3) is 0.588. The van der Waals surface area contributed by atoms with Gasteiger partial charge in [-0.15, -0.1) is 11.8 Å². The second kappa shape index (κ2) is 7.88. The summed E-state index contributed by atoms with van der Waals surface area (Å²) in [6.45, 7) is 0.603. The Morgan fingerprint density at radius 2 is 2.23 bits per heavy atom. The van der Waals surface area contributed by atoms with E-state index in [9.17, 15) is 4.79 Å². The molecule has 22 heavy (non-hydrogen) atoms. The molecule has 0 bridgehead atoms. The minimum absolute atomic E-state index is 0.176. The van der Waals surface area contributed by atoms with Gasteiger partial charge in [-0.2, -0.15) is 0 Å². The van der Waals surface area contributed by atoms with Gasteiger partial charge in [-0.1, -0.05) is 12.5 Å². The van der Waals surface area contributed by atoms with Crippen LogP contribution in [0.3, 0.4) is 0 Å². The van der Waals surface area contributed by atoms with E-state index in [0.29, 0.717) is 18.9 Å². The smallest absolute Gasteiger partial charge is 0.222 e. The van der Waals surface area contributed by atoms with Gasteiger partial charge >= 0.3 is 0 Å². The normalized spacial score (nSPS) is 20.9. The third-order valence-electron chi connectivity index (χ3n) is 4.45. The van der Waals surface area contributed by atoms with Crippen molar-refractivity contribution in [3.05, 3.63) is 23.8 Å². The van der Waals surface area contributed by atoms with Crippen LogP contribution in [-0.4, -0.2) is 37.3 Å². The lowest BCUT2D eigenvalue weighted by molar-refractivity contribution is -0.131. The van der Waals surface area contributed by atoms with Crippen molar-refractivity contribution < 1.29 is 9.53 Å². The zero-order valence-electron chi connectivity index (χ0n) is 13.7. The molecule has 4 nitrogen and oxygen atoms in total. The van der Waals surface area contributed by atoms with Gasteiger partial charge < -0.3 is 15.4 Å². The van der Waals surface area contributed by atoms with E-state index in [-0.39, 0.29) is 11.9 Å². The molecule has 1 amide bonds. The van der Waals surface area contributed by atoms with Crippen LogP contribution < -0.4 is 10.5 Å². The number of rotatable bonds is 6. The lowest BCUT2D eigenvalue weighted by Gasteiger charge is -2.21. The second-order valence-corrected chi connectivity index (χ2v) is 6.85. The van der Waals surface area contributed by atoms with E-state index in [1.54, 1.807) is 23.8 Å². The molecule has 2 atom stereocenters. The van der Waals surface area contributed by atoms with Gasteiger partial charge in [0.05, 0.1) is 7.11 Å². The molecule has 1 aromatic carbocycles. The lowest BCUT2D eigenvalue weighted by Crippen LogP contribution is -2.32. The number of nitrogens with two attached hydrogens (primary N) is 1. The molecule has 2 N–H and O–H groups in total. The van der Waals surface area contributed by atoms with Crippen LogP contribution in [0.1, 0.15) is 31.2 Å². The van der Waals surface area contributed by atoms with E-state index in [0.717, 1.165) is 35.5 Å². The van der Waals surface area contributed by atoms with E-state index in [1.165, 1.54) is 0 Å².